The van der Waals surface area contributed by atoms with Crippen molar-refractivity contribution in [3.05, 3.63) is 70.8 Å². The van der Waals surface area contributed by atoms with Crippen LogP contribution in [0, 0.1) is 6.92 Å². The van der Waals surface area contributed by atoms with Gasteiger partial charge in [0.25, 0.3) is 0 Å². The molecule has 0 radical (unpaired) electrons. The first-order chi connectivity index (χ1) is 10.1. The van der Waals surface area contributed by atoms with E-state index in [4.69, 9.17) is 10.9 Å². The van der Waals surface area contributed by atoms with Crippen molar-refractivity contribution in [2.45, 2.75) is 26.4 Å². The molecule has 2 aromatic rings. The van der Waals surface area contributed by atoms with E-state index < -0.39 is 0 Å². The SMILES string of the molecule is Cc1ccc([C@H](C)NCc2cccc(/C(N)=N/O)c2)cc1. The lowest BCUT2D eigenvalue weighted by Crippen LogP contribution is -2.19. The maximum Gasteiger partial charge on any atom is 0.170 e. The van der Waals surface area contributed by atoms with E-state index in [0.717, 1.165) is 17.7 Å². The third-order valence-electron chi connectivity index (χ3n) is 3.52. The zero-order chi connectivity index (χ0) is 15.2. The van der Waals surface area contributed by atoms with Gasteiger partial charge in [0.1, 0.15) is 0 Å². The van der Waals surface area contributed by atoms with Crippen LogP contribution >= 0.6 is 0 Å². The average Bonchev–Trinajstić information content (AvgIpc) is 2.52. The van der Waals surface area contributed by atoms with Crippen molar-refractivity contribution < 1.29 is 5.21 Å². The van der Waals surface area contributed by atoms with Crippen molar-refractivity contribution in [2.75, 3.05) is 0 Å². The highest BCUT2D eigenvalue weighted by Gasteiger charge is 2.05. The summed E-state index contributed by atoms with van der Waals surface area (Å²) in [7, 11) is 0. The molecule has 4 N–H and O–H groups in total. The lowest BCUT2D eigenvalue weighted by molar-refractivity contribution is 0.318. The maximum absolute atomic E-state index is 8.72. The zero-order valence-electron chi connectivity index (χ0n) is 12.4. The fourth-order valence-corrected chi connectivity index (χ4v) is 2.14. The highest BCUT2D eigenvalue weighted by atomic mass is 16.4. The van der Waals surface area contributed by atoms with E-state index in [2.05, 4.69) is 48.6 Å². The molecule has 4 nitrogen and oxygen atoms in total. The summed E-state index contributed by atoms with van der Waals surface area (Å²) in [4.78, 5) is 0. The molecule has 0 aliphatic heterocycles. The van der Waals surface area contributed by atoms with Gasteiger partial charge in [0.15, 0.2) is 5.84 Å². The molecule has 0 aliphatic rings. The Morgan fingerprint density at radius 3 is 2.62 bits per heavy atom. The molecule has 0 fully saturated rings. The van der Waals surface area contributed by atoms with E-state index in [9.17, 15) is 0 Å². The molecule has 2 aromatic carbocycles. The Labute approximate surface area is 125 Å². The second kappa shape index (κ2) is 6.90. The van der Waals surface area contributed by atoms with Crippen molar-refractivity contribution in [2.24, 2.45) is 10.9 Å². The number of nitrogens with two attached hydrogens (primary N) is 1. The molecule has 1 atom stereocenters. The lowest BCUT2D eigenvalue weighted by atomic mass is 10.1. The van der Waals surface area contributed by atoms with Gasteiger partial charge in [-0.2, -0.15) is 0 Å². The van der Waals surface area contributed by atoms with Crippen LogP contribution in [0.2, 0.25) is 0 Å². The van der Waals surface area contributed by atoms with Gasteiger partial charge in [-0.1, -0.05) is 53.2 Å². The molecule has 0 bridgehead atoms. The van der Waals surface area contributed by atoms with E-state index in [1.54, 1.807) is 0 Å². The number of nitrogens with one attached hydrogen (secondary N) is 1. The maximum atomic E-state index is 8.72. The minimum absolute atomic E-state index is 0.128. The molecule has 110 valence electrons. The van der Waals surface area contributed by atoms with Crippen molar-refractivity contribution in [1.29, 1.82) is 0 Å². The van der Waals surface area contributed by atoms with Gasteiger partial charge in [0.2, 0.25) is 0 Å². The smallest absolute Gasteiger partial charge is 0.170 e. The van der Waals surface area contributed by atoms with E-state index >= 15 is 0 Å². The van der Waals surface area contributed by atoms with Crippen LogP contribution in [0.25, 0.3) is 0 Å². The van der Waals surface area contributed by atoms with Crippen LogP contribution in [0.5, 0.6) is 0 Å². The van der Waals surface area contributed by atoms with Gasteiger partial charge in [-0.05, 0) is 31.0 Å². The van der Waals surface area contributed by atoms with Crippen LogP contribution in [-0.4, -0.2) is 11.0 Å². The van der Waals surface area contributed by atoms with Crippen LogP contribution in [0.3, 0.4) is 0 Å². The van der Waals surface area contributed by atoms with E-state index in [1.165, 1.54) is 11.1 Å². The van der Waals surface area contributed by atoms with Crippen molar-refractivity contribution in [3.8, 4) is 0 Å². The molecule has 0 aliphatic carbocycles. The number of benzene rings is 2. The molecule has 0 amide bonds. The summed E-state index contributed by atoms with van der Waals surface area (Å²) in [5, 5.41) is 15.2. The summed E-state index contributed by atoms with van der Waals surface area (Å²) in [6.07, 6.45) is 0. The monoisotopic (exact) mass is 283 g/mol. The van der Waals surface area contributed by atoms with Crippen LogP contribution in [0.15, 0.2) is 53.7 Å². The molecule has 0 aromatic heterocycles. The Morgan fingerprint density at radius 2 is 1.95 bits per heavy atom. The Balaban J connectivity index is 2.01. The number of hydrogen-bond donors (Lipinski definition) is 3. The highest BCUT2D eigenvalue weighted by Crippen LogP contribution is 2.14. The van der Waals surface area contributed by atoms with Crippen LogP contribution in [0.1, 0.15) is 35.2 Å². The van der Waals surface area contributed by atoms with Gasteiger partial charge in [-0.3, -0.25) is 0 Å². The summed E-state index contributed by atoms with van der Waals surface area (Å²) >= 11 is 0. The van der Waals surface area contributed by atoms with Gasteiger partial charge in [0, 0.05) is 18.2 Å². The average molecular weight is 283 g/mol. The predicted molar refractivity (Wildman–Crippen MR) is 85.4 cm³/mol. The Bertz CT molecular complexity index is 620. The number of aryl methyl sites for hydroxylation is 1. The van der Waals surface area contributed by atoms with Gasteiger partial charge in [0.05, 0.1) is 0 Å². The van der Waals surface area contributed by atoms with Crippen molar-refractivity contribution in [1.82, 2.24) is 5.32 Å². The fraction of sp³-hybridized carbons (Fsp3) is 0.235. The first-order valence-electron chi connectivity index (χ1n) is 6.97. The fourth-order valence-electron chi connectivity index (χ4n) is 2.14. The number of oxime groups is 1. The van der Waals surface area contributed by atoms with Crippen LogP contribution in [-0.2, 0) is 6.54 Å². The summed E-state index contributed by atoms with van der Waals surface area (Å²) < 4.78 is 0. The van der Waals surface area contributed by atoms with Crippen LogP contribution in [0.4, 0.5) is 0 Å². The molecule has 2 rings (SSSR count). The molecule has 0 saturated carbocycles. The number of hydrogen-bond acceptors (Lipinski definition) is 3. The van der Waals surface area contributed by atoms with E-state index in [1.807, 2.05) is 24.3 Å². The number of nitrogens with zero attached hydrogens (tertiary/aromatic N) is 1. The largest absolute Gasteiger partial charge is 0.409 e. The van der Waals surface area contributed by atoms with Gasteiger partial charge < -0.3 is 16.3 Å². The first-order valence-corrected chi connectivity index (χ1v) is 6.97. The Morgan fingerprint density at radius 1 is 1.24 bits per heavy atom. The highest BCUT2D eigenvalue weighted by molar-refractivity contribution is 5.97. The van der Waals surface area contributed by atoms with Gasteiger partial charge in [-0.25, -0.2) is 0 Å². The predicted octanol–water partition coefficient (Wildman–Crippen LogP) is 2.94. The van der Waals surface area contributed by atoms with E-state index in [0.29, 0.717) is 0 Å². The Hall–Kier alpha value is -2.33. The molecule has 21 heavy (non-hydrogen) atoms. The standard InChI is InChI=1S/C17H21N3O/c1-12-6-8-15(9-7-12)13(2)19-11-14-4-3-5-16(10-14)17(18)20-21/h3-10,13,19,21H,11H2,1-2H3,(H2,18,20)/t13-/m0/s1. The summed E-state index contributed by atoms with van der Waals surface area (Å²) in [6, 6.07) is 16.4. The van der Waals surface area contributed by atoms with Crippen molar-refractivity contribution in [3.63, 3.8) is 0 Å². The summed E-state index contributed by atoms with van der Waals surface area (Å²) in [5.41, 5.74) is 9.94. The van der Waals surface area contributed by atoms with Crippen LogP contribution < -0.4 is 11.1 Å². The lowest BCUT2D eigenvalue weighted by Gasteiger charge is -2.15. The number of rotatable bonds is 5. The number of amidine groups is 1. The minimum atomic E-state index is 0.128. The summed E-state index contributed by atoms with van der Waals surface area (Å²) in [5.74, 6) is 0.128. The van der Waals surface area contributed by atoms with Crippen molar-refractivity contribution >= 4 is 5.84 Å². The zero-order valence-corrected chi connectivity index (χ0v) is 12.4. The normalized spacial score (nSPS) is 13.1. The molecular formula is C17H21N3O. The second-order valence-electron chi connectivity index (χ2n) is 5.20. The molecule has 0 unspecified atom stereocenters. The molecule has 0 heterocycles. The molecular weight excluding hydrogens is 262 g/mol. The van der Waals surface area contributed by atoms with Gasteiger partial charge in [-0.15, -0.1) is 0 Å². The molecule has 0 saturated heterocycles. The third kappa shape index (κ3) is 4.07. The third-order valence-corrected chi connectivity index (χ3v) is 3.52. The minimum Gasteiger partial charge on any atom is -0.409 e. The quantitative estimate of drug-likeness (QED) is 0.342. The Kier molecular flexibility index (Phi) is 4.95. The summed E-state index contributed by atoms with van der Waals surface area (Å²) in [6.45, 7) is 4.94. The van der Waals surface area contributed by atoms with E-state index in [-0.39, 0.29) is 11.9 Å². The van der Waals surface area contributed by atoms with Gasteiger partial charge >= 0.3 is 0 Å². The first kappa shape index (κ1) is 15.1. The molecule has 4 heteroatoms. The topological polar surface area (TPSA) is 70.6 Å². The second-order valence-corrected chi connectivity index (χ2v) is 5.20. The molecule has 0 spiro atoms.